The normalized spacial score (nSPS) is 10.4. The smallest absolute Gasteiger partial charge is 0.257 e. The maximum absolute atomic E-state index is 12.7. The molecule has 0 aliphatic carbocycles. The third kappa shape index (κ3) is 3.89. The van der Waals surface area contributed by atoms with E-state index in [9.17, 15) is 4.79 Å². The van der Waals surface area contributed by atoms with Crippen LogP contribution in [0.5, 0.6) is 17.2 Å². The fourth-order valence-electron chi connectivity index (χ4n) is 2.76. The molecular weight excluding hydrogens is 384 g/mol. The van der Waals surface area contributed by atoms with Crippen molar-refractivity contribution in [2.24, 2.45) is 0 Å². The van der Waals surface area contributed by atoms with Crippen LogP contribution in [0.4, 0.5) is 0 Å². The van der Waals surface area contributed by atoms with Crippen molar-refractivity contribution >= 4 is 17.5 Å². The maximum Gasteiger partial charge on any atom is 0.257 e. The zero-order valence-electron chi connectivity index (χ0n) is 15.6. The Balaban J connectivity index is 1.81. The molecule has 7 nitrogen and oxygen atoms in total. The van der Waals surface area contributed by atoms with Gasteiger partial charge in [-0.15, -0.1) is 0 Å². The fourth-order valence-corrected chi connectivity index (χ4v) is 2.99. The van der Waals surface area contributed by atoms with Crippen molar-refractivity contribution in [1.29, 1.82) is 0 Å². The molecule has 1 amide bonds. The molecule has 1 heterocycles. The summed E-state index contributed by atoms with van der Waals surface area (Å²) in [6, 6.07) is 10.7. The molecular formula is C20H19ClN2O5. The number of benzene rings is 2. The Morgan fingerprint density at radius 2 is 1.79 bits per heavy atom. The molecule has 1 aromatic heterocycles. The number of hydrogen-bond donors (Lipinski definition) is 1. The number of halogens is 1. The summed E-state index contributed by atoms with van der Waals surface area (Å²) in [6.45, 7) is 0.239. The van der Waals surface area contributed by atoms with Gasteiger partial charge in [-0.3, -0.25) is 4.79 Å². The second kappa shape index (κ2) is 8.67. The highest BCUT2D eigenvalue weighted by Crippen LogP contribution is 2.38. The summed E-state index contributed by atoms with van der Waals surface area (Å²) in [5.41, 5.74) is 2.07. The van der Waals surface area contributed by atoms with Crippen LogP contribution in [-0.2, 0) is 6.54 Å². The van der Waals surface area contributed by atoms with Crippen molar-refractivity contribution in [2.75, 3.05) is 21.3 Å². The zero-order valence-corrected chi connectivity index (χ0v) is 16.4. The SMILES string of the molecule is COc1cc(CNC(=O)c2conc2-c2ccccc2Cl)cc(OC)c1OC. The van der Waals surface area contributed by atoms with Gasteiger partial charge in [0.25, 0.3) is 5.91 Å². The number of hydrogen-bond acceptors (Lipinski definition) is 6. The lowest BCUT2D eigenvalue weighted by Gasteiger charge is -2.14. The number of ether oxygens (including phenoxy) is 3. The van der Waals surface area contributed by atoms with E-state index in [0.717, 1.165) is 5.56 Å². The molecule has 0 saturated carbocycles. The van der Waals surface area contributed by atoms with Crippen LogP contribution in [0.1, 0.15) is 15.9 Å². The number of rotatable bonds is 7. The van der Waals surface area contributed by atoms with Gasteiger partial charge in [0.15, 0.2) is 11.5 Å². The molecule has 0 unspecified atom stereocenters. The number of nitrogens with one attached hydrogen (secondary N) is 1. The molecule has 28 heavy (non-hydrogen) atoms. The molecule has 3 rings (SSSR count). The lowest BCUT2D eigenvalue weighted by atomic mass is 10.1. The van der Waals surface area contributed by atoms with Gasteiger partial charge in [0.1, 0.15) is 17.5 Å². The lowest BCUT2D eigenvalue weighted by Crippen LogP contribution is -2.23. The number of aromatic nitrogens is 1. The van der Waals surface area contributed by atoms with Crippen LogP contribution in [-0.4, -0.2) is 32.4 Å². The molecule has 3 aromatic rings. The van der Waals surface area contributed by atoms with Crippen LogP contribution >= 0.6 is 11.6 Å². The van der Waals surface area contributed by atoms with E-state index in [4.69, 9.17) is 30.3 Å². The average Bonchev–Trinajstić information content (AvgIpc) is 3.21. The quantitative estimate of drug-likeness (QED) is 0.644. The van der Waals surface area contributed by atoms with E-state index in [-0.39, 0.29) is 12.5 Å². The first kappa shape index (κ1) is 19.6. The standard InChI is InChI=1S/C20H19ClN2O5/c1-25-16-8-12(9-17(26-2)19(16)27-3)10-22-20(24)14-11-28-23-18(14)13-6-4-5-7-15(13)21/h4-9,11H,10H2,1-3H3,(H,22,24). The average molecular weight is 403 g/mol. The summed E-state index contributed by atoms with van der Waals surface area (Å²) in [7, 11) is 4.60. The van der Waals surface area contributed by atoms with Crippen molar-refractivity contribution in [3.8, 4) is 28.5 Å². The van der Waals surface area contributed by atoms with E-state index < -0.39 is 0 Å². The van der Waals surface area contributed by atoms with Crippen LogP contribution < -0.4 is 19.5 Å². The largest absolute Gasteiger partial charge is 0.493 e. The summed E-state index contributed by atoms with van der Waals surface area (Å²) in [6.07, 6.45) is 1.29. The minimum absolute atomic E-state index is 0.239. The minimum Gasteiger partial charge on any atom is -0.493 e. The highest BCUT2D eigenvalue weighted by molar-refractivity contribution is 6.33. The van der Waals surface area contributed by atoms with Gasteiger partial charge in [0.05, 0.1) is 26.4 Å². The molecule has 0 bridgehead atoms. The van der Waals surface area contributed by atoms with Crippen molar-refractivity contribution in [3.63, 3.8) is 0 Å². The monoisotopic (exact) mass is 402 g/mol. The summed E-state index contributed by atoms with van der Waals surface area (Å²) < 4.78 is 21.0. The Kier molecular flexibility index (Phi) is 6.06. The third-order valence-corrected chi connectivity index (χ3v) is 4.45. The van der Waals surface area contributed by atoms with E-state index in [1.807, 2.05) is 6.07 Å². The van der Waals surface area contributed by atoms with Gasteiger partial charge in [-0.25, -0.2) is 0 Å². The number of amides is 1. The molecule has 0 radical (unpaired) electrons. The Morgan fingerprint density at radius 3 is 2.39 bits per heavy atom. The summed E-state index contributed by atoms with van der Waals surface area (Å²) in [5.74, 6) is 1.16. The van der Waals surface area contributed by atoms with E-state index in [1.54, 1.807) is 30.3 Å². The highest BCUT2D eigenvalue weighted by Gasteiger charge is 2.20. The molecule has 0 saturated heterocycles. The zero-order chi connectivity index (χ0) is 20.1. The lowest BCUT2D eigenvalue weighted by molar-refractivity contribution is 0.0950. The first-order chi connectivity index (χ1) is 13.6. The minimum atomic E-state index is -0.343. The van der Waals surface area contributed by atoms with Crippen LogP contribution in [0.25, 0.3) is 11.3 Å². The maximum atomic E-state index is 12.7. The topological polar surface area (TPSA) is 82.8 Å². The second-order valence-electron chi connectivity index (χ2n) is 5.77. The molecule has 0 fully saturated rings. The van der Waals surface area contributed by atoms with Gasteiger partial charge in [0, 0.05) is 12.1 Å². The molecule has 0 aliphatic heterocycles. The van der Waals surface area contributed by atoms with E-state index in [0.29, 0.717) is 39.1 Å². The fraction of sp³-hybridized carbons (Fsp3) is 0.200. The van der Waals surface area contributed by atoms with Gasteiger partial charge in [0.2, 0.25) is 5.75 Å². The predicted molar refractivity (Wildman–Crippen MR) is 104 cm³/mol. The Hall–Kier alpha value is -3.19. The third-order valence-electron chi connectivity index (χ3n) is 4.12. The van der Waals surface area contributed by atoms with Crippen molar-refractivity contribution < 1.29 is 23.5 Å². The van der Waals surface area contributed by atoms with E-state index in [1.165, 1.54) is 27.6 Å². The molecule has 0 aliphatic rings. The van der Waals surface area contributed by atoms with Crippen molar-refractivity contribution in [2.45, 2.75) is 6.54 Å². The second-order valence-corrected chi connectivity index (χ2v) is 6.18. The molecule has 0 spiro atoms. The van der Waals surface area contributed by atoms with E-state index in [2.05, 4.69) is 10.5 Å². The predicted octanol–water partition coefficient (Wildman–Crippen LogP) is 3.95. The first-order valence-electron chi connectivity index (χ1n) is 8.35. The molecule has 1 N–H and O–H groups in total. The Labute approximate surface area is 167 Å². The van der Waals surface area contributed by atoms with E-state index >= 15 is 0 Å². The van der Waals surface area contributed by atoms with Gasteiger partial charge < -0.3 is 24.1 Å². The number of nitrogens with zero attached hydrogens (tertiary/aromatic N) is 1. The van der Waals surface area contributed by atoms with Gasteiger partial charge in [-0.1, -0.05) is 35.0 Å². The Bertz CT molecular complexity index is 961. The first-order valence-corrected chi connectivity index (χ1v) is 8.73. The molecule has 146 valence electrons. The van der Waals surface area contributed by atoms with Gasteiger partial charge in [-0.05, 0) is 23.8 Å². The van der Waals surface area contributed by atoms with Gasteiger partial charge in [-0.2, -0.15) is 0 Å². The Morgan fingerprint density at radius 1 is 1.11 bits per heavy atom. The number of carbonyl (C=O) groups excluding carboxylic acids is 1. The summed E-state index contributed by atoms with van der Waals surface area (Å²) in [5, 5.41) is 7.24. The van der Waals surface area contributed by atoms with Crippen LogP contribution in [0.15, 0.2) is 47.2 Å². The highest BCUT2D eigenvalue weighted by atomic mass is 35.5. The van der Waals surface area contributed by atoms with Crippen LogP contribution in [0, 0.1) is 0 Å². The van der Waals surface area contributed by atoms with Gasteiger partial charge >= 0.3 is 0 Å². The van der Waals surface area contributed by atoms with Crippen LogP contribution in [0.3, 0.4) is 0 Å². The van der Waals surface area contributed by atoms with Crippen LogP contribution in [0.2, 0.25) is 5.02 Å². The number of carbonyl (C=O) groups is 1. The number of methoxy groups -OCH3 is 3. The summed E-state index contributed by atoms with van der Waals surface area (Å²) in [4.78, 5) is 12.7. The van der Waals surface area contributed by atoms with Crippen molar-refractivity contribution in [3.05, 3.63) is 58.8 Å². The summed E-state index contributed by atoms with van der Waals surface area (Å²) >= 11 is 6.21. The molecule has 2 aromatic carbocycles. The molecule has 0 atom stereocenters. The van der Waals surface area contributed by atoms with Crippen molar-refractivity contribution in [1.82, 2.24) is 10.5 Å². The molecule has 8 heteroatoms.